The van der Waals surface area contributed by atoms with Crippen LogP contribution >= 0.6 is 0 Å². The van der Waals surface area contributed by atoms with E-state index in [1.165, 1.54) is 6.07 Å². The SMILES string of the molecule is CCNC(=NCCc1cccc(F)c1F)N(C)CCc1ccc(OC)c(OC)c1. The van der Waals surface area contributed by atoms with Crippen molar-refractivity contribution in [3.63, 3.8) is 0 Å². The second-order valence-corrected chi connectivity index (χ2v) is 6.56. The highest BCUT2D eigenvalue weighted by molar-refractivity contribution is 5.79. The van der Waals surface area contributed by atoms with E-state index in [0.29, 0.717) is 36.6 Å². The molecule has 5 nitrogen and oxygen atoms in total. The Labute approximate surface area is 171 Å². The van der Waals surface area contributed by atoms with Crippen LogP contribution in [0.3, 0.4) is 0 Å². The first-order valence-electron chi connectivity index (χ1n) is 9.63. The first kappa shape index (κ1) is 22.5. The second-order valence-electron chi connectivity index (χ2n) is 6.56. The van der Waals surface area contributed by atoms with Crippen LogP contribution < -0.4 is 14.8 Å². The molecule has 0 radical (unpaired) electrons. The van der Waals surface area contributed by atoms with Gasteiger partial charge in [-0.3, -0.25) is 4.99 Å². The molecule has 158 valence electrons. The van der Waals surface area contributed by atoms with E-state index in [1.807, 2.05) is 37.1 Å². The lowest BCUT2D eigenvalue weighted by molar-refractivity contribution is 0.354. The molecule has 0 aliphatic carbocycles. The van der Waals surface area contributed by atoms with Gasteiger partial charge in [-0.15, -0.1) is 0 Å². The van der Waals surface area contributed by atoms with Crippen molar-refractivity contribution in [2.75, 3.05) is 40.9 Å². The van der Waals surface area contributed by atoms with E-state index in [4.69, 9.17) is 9.47 Å². The molecule has 2 aromatic rings. The number of halogens is 2. The number of methoxy groups -OCH3 is 2. The summed E-state index contributed by atoms with van der Waals surface area (Å²) in [5.74, 6) is 0.499. The second kappa shape index (κ2) is 11.2. The highest BCUT2D eigenvalue weighted by Gasteiger charge is 2.10. The molecule has 7 heteroatoms. The molecular weight excluding hydrogens is 376 g/mol. The van der Waals surface area contributed by atoms with Gasteiger partial charge in [0.25, 0.3) is 0 Å². The maximum atomic E-state index is 13.8. The summed E-state index contributed by atoms with van der Waals surface area (Å²) in [7, 11) is 5.18. The van der Waals surface area contributed by atoms with Crippen molar-refractivity contribution in [3.05, 3.63) is 59.2 Å². The van der Waals surface area contributed by atoms with Crippen LogP contribution in [0.2, 0.25) is 0 Å². The maximum Gasteiger partial charge on any atom is 0.193 e. The fraction of sp³-hybridized carbons (Fsp3) is 0.409. The lowest BCUT2D eigenvalue weighted by atomic mass is 10.1. The Morgan fingerprint density at radius 3 is 2.52 bits per heavy atom. The molecule has 0 aliphatic heterocycles. The van der Waals surface area contributed by atoms with Crippen molar-refractivity contribution in [1.82, 2.24) is 10.2 Å². The van der Waals surface area contributed by atoms with E-state index in [-0.39, 0.29) is 0 Å². The molecule has 0 fully saturated rings. The molecule has 2 aromatic carbocycles. The van der Waals surface area contributed by atoms with E-state index in [1.54, 1.807) is 20.3 Å². The summed E-state index contributed by atoms with van der Waals surface area (Å²) in [6.45, 7) is 3.80. The summed E-state index contributed by atoms with van der Waals surface area (Å²) in [4.78, 5) is 6.57. The van der Waals surface area contributed by atoms with E-state index >= 15 is 0 Å². The first-order valence-corrected chi connectivity index (χ1v) is 9.63. The fourth-order valence-electron chi connectivity index (χ4n) is 2.93. The molecule has 1 N–H and O–H groups in total. The number of ether oxygens (including phenoxy) is 2. The lowest BCUT2D eigenvalue weighted by Gasteiger charge is -2.22. The van der Waals surface area contributed by atoms with E-state index in [0.717, 1.165) is 30.6 Å². The van der Waals surface area contributed by atoms with Crippen molar-refractivity contribution in [1.29, 1.82) is 0 Å². The normalized spacial score (nSPS) is 11.3. The van der Waals surface area contributed by atoms with Gasteiger partial charge in [0.2, 0.25) is 0 Å². The highest BCUT2D eigenvalue weighted by atomic mass is 19.2. The van der Waals surface area contributed by atoms with Crippen LogP contribution in [-0.4, -0.2) is 51.8 Å². The molecule has 2 rings (SSSR count). The van der Waals surface area contributed by atoms with Crippen LogP contribution in [0, 0.1) is 11.6 Å². The Kier molecular flexibility index (Phi) is 8.70. The van der Waals surface area contributed by atoms with Gasteiger partial charge in [-0.1, -0.05) is 18.2 Å². The Bertz CT molecular complexity index is 828. The highest BCUT2D eigenvalue weighted by Crippen LogP contribution is 2.27. The van der Waals surface area contributed by atoms with Crippen molar-refractivity contribution < 1.29 is 18.3 Å². The Balaban J connectivity index is 1.98. The van der Waals surface area contributed by atoms with Gasteiger partial charge in [-0.25, -0.2) is 8.78 Å². The molecular formula is C22H29F2N3O2. The summed E-state index contributed by atoms with van der Waals surface area (Å²) in [6.07, 6.45) is 1.13. The van der Waals surface area contributed by atoms with Gasteiger partial charge in [0.15, 0.2) is 29.1 Å². The van der Waals surface area contributed by atoms with Gasteiger partial charge in [0.05, 0.1) is 14.2 Å². The number of nitrogens with one attached hydrogen (secondary N) is 1. The average Bonchev–Trinajstić information content (AvgIpc) is 2.74. The van der Waals surface area contributed by atoms with Gasteiger partial charge in [0, 0.05) is 26.7 Å². The van der Waals surface area contributed by atoms with Gasteiger partial charge in [-0.2, -0.15) is 0 Å². The average molecular weight is 405 g/mol. The fourth-order valence-corrected chi connectivity index (χ4v) is 2.93. The zero-order valence-corrected chi connectivity index (χ0v) is 17.5. The van der Waals surface area contributed by atoms with Crippen molar-refractivity contribution in [3.8, 4) is 11.5 Å². The lowest BCUT2D eigenvalue weighted by Crippen LogP contribution is -2.40. The Morgan fingerprint density at radius 2 is 1.83 bits per heavy atom. The third-order valence-corrected chi connectivity index (χ3v) is 4.55. The summed E-state index contributed by atoms with van der Waals surface area (Å²) >= 11 is 0. The van der Waals surface area contributed by atoms with E-state index < -0.39 is 11.6 Å². The number of rotatable bonds is 9. The molecule has 0 aliphatic rings. The molecule has 0 atom stereocenters. The van der Waals surface area contributed by atoms with Crippen LogP contribution in [0.4, 0.5) is 8.78 Å². The zero-order valence-electron chi connectivity index (χ0n) is 17.5. The number of benzene rings is 2. The maximum absolute atomic E-state index is 13.8. The standard InChI is InChI=1S/C22H29F2N3O2/c1-5-25-22(26-13-11-17-7-6-8-18(23)21(17)24)27(2)14-12-16-9-10-19(28-3)20(15-16)29-4/h6-10,15H,5,11-14H2,1-4H3,(H,25,26). The molecule has 0 amide bonds. The number of hydrogen-bond acceptors (Lipinski definition) is 3. The minimum atomic E-state index is -0.828. The predicted octanol–water partition coefficient (Wildman–Crippen LogP) is 3.66. The molecule has 0 bridgehead atoms. The zero-order chi connectivity index (χ0) is 21.2. The van der Waals surface area contributed by atoms with Gasteiger partial charge in [0.1, 0.15) is 0 Å². The number of guanidine groups is 1. The monoisotopic (exact) mass is 405 g/mol. The quantitative estimate of drug-likeness (QED) is 0.511. The molecule has 0 saturated heterocycles. The molecule has 0 aromatic heterocycles. The smallest absolute Gasteiger partial charge is 0.193 e. The third kappa shape index (κ3) is 6.34. The number of likely N-dealkylation sites (N-methyl/N-ethyl adjacent to an activating group) is 1. The molecule has 0 spiro atoms. The van der Waals surface area contributed by atoms with Gasteiger partial charge < -0.3 is 19.7 Å². The van der Waals surface area contributed by atoms with Crippen LogP contribution in [0.1, 0.15) is 18.1 Å². The summed E-state index contributed by atoms with van der Waals surface area (Å²) in [6, 6.07) is 10.1. The van der Waals surface area contributed by atoms with Crippen LogP contribution in [0.5, 0.6) is 11.5 Å². The largest absolute Gasteiger partial charge is 0.493 e. The first-order chi connectivity index (χ1) is 14.0. The van der Waals surface area contributed by atoms with E-state index in [2.05, 4.69) is 10.3 Å². The summed E-state index contributed by atoms with van der Waals surface area (Å²) in [5, 5.41) is 3.24. The van der Waals surface area contributed by atoms with Crippen LogP contribution in [-0.2, 0) is 12.8 Å². The molecule has 0 saturated carbocycles. The van der Waals surface area contributed by atoms with E-state index in [9.17, 15) is 8.78 Å². The summed E-state index contributed by atoms with van der Waals surface area (Å²) < 4.78 is 37.7. The Hall–Kier alpha value is -2.83. The topological polar surface area (TPSA) is 46.1 Å². The van der Waals surface area contributed by atoms with Crippen LogP contribution in [0.15, 0.2) is 41.4 Å². The number of aliphatic imine (C=N–C) groups is 1. The van der Waals surface area contributed by atoms with Crippen molar-refractivity contribution >= 4 is 5.96 Å². The minimum absolute atomic E-state index is 0.331. The Morgan fingerprint density at radius 1 is 1.07 bits per heavy atom. The van der Waals surface area contributed by atoms with Crippen molar-refractivity contribution in [2.24, 2.45) is 4.99 Å². The summed E-state index contributed by atoms with van der Waals surface area (Å²) in [5.41, 5.74) is 1.45. The number of nitrogens with zero attached hydrogens (tertiary/aromatic N) is 2. The molecule has 0 unspecified atom stereocenters. The third-order valence-electron chi connectivity index (χ3n) is 4.55. The molecule has 0 heterocycles. The van der Waals surface area contributed by atoms with Crippen LogP contribution in [0.25, 0.3) is 0 Å². The van der Waals surface area contributed by atoms with Gasteiger partial charge in [-0.05, 0) is 49.1 Å². The molecule has 29 heavy (non-hydrogen) atoms. The minimum Gasteiger partial charge on any atom is -0.493 e. The predicted molar refractivity (Wildman–Crippen MR) is 112 cm³/mol. The van der Waals surface area contributed by atoms with Crippen molar-refractivity contribution in [2.45, 2.75) is 19.8 Å². The number of hydrogen-bond donors (Lipinski definition) is 1. The van der Waals surface area contributed by atoms with Gasteiger partial charge >= 0.3 is 0 Å².